The van der Waals surface area contributed by atoms with Crippen molar-refractivity contribution in [3.63, 3.8) is 0 Å². The second-order valence-electron chi connectivity index (χ2n) is 4.18. The molecule has 2 nitrogen and oxygen atoms in total. The lowest BCUT2D eigenvalue weighted by Crippen LogP contribution is -1.94. The molecule has 0 aliphatic rings. The molecule has 0 bridgehead atoms. The van der Waals surface area contributed by atoms with E-state index in [1.165, 1.54) is 11.3 Å². The summed E-state index contributed by atoms with van der Waals surface area (Å²) in [4.78, 5) is 11.4. The van der Waals surface area contributed by atoms with Crippen molar-refractivity contribution in [1.29, 1.82) is 0 Å². The SMILES string of the molecule is CC(=O)c1cc(Cl)c2c(c1)c(C)c(C)n2C. The van der Waals surface area contributed by atoms with Gasteiger partial charge in [-0.25, -0.2) is 0 Å². The predicted molar refractivity (Wildman–Crippen MR) is 67.4 cm³/mol. The number of aryl methyl sites for hydroxylation is 2. The van der Waals surface area contributed by atoms with E-state index in [1.54, 1.807) is 13.0 Å². The molecule has 84 valence electrons. The van der Waals surface area contributed by atoms with Crippen LogP contribution in [0.3, 0.4) is 0 Å². The van der Waals surface area contributed by atoms with E-state index in [-0.39, 0.29) is 5.78 Å². The highest BCUT2D eigenvalue weighted by molar-refractivity contribution is 6.35. The van der Waals surface area contributed by atoms with E-state index >= 15 is 0 Å². The molecule has 0 atom stereocenters. The Morgan fingerprint density at radius 1 is 1.31 bits per heavy atom. The van der Waals surface area contributed by atoms with Crippen LogP contribution in [0.25, 0.3) is 10.9 Å². The van der Waals surface area contributed by atoms with Gasteiger partial charge in [0.15, 0.2) is 5.78 Å². The van der Waals surface area contributed by atoms with Gasteiger partial charge in [-0.3, -0.25) is 4.79 Å². The van der Waals surface area contributed by atoms with Crippen molar-refractivity contribution in [3.8, 4) is 0 Å². The van der Waals surface area contributed by atoms with Gasteiger partial charge in [0.05, 0.1) is 10.5 Å². The van der Waals surface area contributed by atoms with Crippen LogP contribution in [0.15, 0.2) is 12.1 Å². The van der Waals surface area contributed by atoms with Gasteiger partial charge in [-0.1, -0.05) is 11.6 Å². The predicted octanol–water partition coefficient (Wildman–Crippen LogP) is 3.65. The molecule has 0 spiro atoms. The van der Waals surface area contributed by atoms with Crippen molar-refractivity contribution >= 4 is 28.3 Å². The lowest BCUT2D eigenvalue weighted by atomic mass is 10.1. The van der Waals surface area contributed by atoms with Gasteiger partial charge in [-0.05, 0) is 38.5 Å². The van der Waals surface area contributed by atoms with Crippen molar-refractivity contribution < 1.29 is 4.79 Å². The Bertz CT molecular complexity index is 596. The zero-order valence-corrected chi connectivity index (χ0v) is 10.6. The first-order valence-electron chi connectivity index (χ1n) is 5.19. The standard InChI is InChI=1S/C13H14ClNO/c1-7-8(2)15(4)13-11(7)5-10(9(3)16)6-12(13)14/h5-6H,1-4H3. The van der Waals surface area contributed by atoms with Gasteiger partial charge in [0, 0.05) is 23.7 Å². The minimum Gasteiger partial charge on any atom is -0.346 e. The summed E-state index contributed by atoms with van der Waals surface area (Å²) in [7, 11) is 1.99. The molecule has 1 aromatic heterocycles. The quantitative estimate of drug-likeness (QED) is 0.692. The number of fused-ring (bicyclic) bond motifs is 1. The average molecular weight is 236 g/mol. The fourth-order valence-electron chi connectivity index (χ4n) is 2.04. The fraction of sp³-hybridized carbons (Fsp3) is 0.308. The van der Waals surface area contributed by atoms with Gasteiger partial charge in [-0.15, -0.1) is 0 Å². The first-order valence-corrected chi connectivity index (χ1v) is 5.57. The van der Waals surface area contributed by atoms with E-state index in [2.05, 4.69) is 18.4 Å². The maximum atomic E-state index is 11.4. The van der Waals surface area contributed by atoms with E-state index < -0.39 is 0 Å². The van der Waals surface area contributed by atoms with Gasteiger partial charge in [0.2, 0.25) is 0 Å². The molecular weight excluding hydrogens is 222 g/mol. The zero-order valence-electron chi connectivity index (χ0n) is 9.89. The highest BCUT2D eigenvalue weighted by Gasteiger charge is 2.13. The van der Waals surface area contributed by atoms with Crippen LogP contribution in [0.1, 0.15) is 28.5 Å². The Kier molecular flexibility index (Phi) is 2.55. The van der Waals surface area contributed by atoms with Crippen LogP contribution in [0.4, 0.5) is 0 Å². The highest BCUT2D eigenvalue weighted by atomic mass is 35.5. The molecule has 1 aromatic carbocycles. The summed E-state index contributed by atoms with van der Waals surface area (Å²) in [6.07, 6.45) is 0. The Morgan fingerprint density at radius 2 is 1.94 bits per heavy atom. The second kappa shape index (κ2) is 3.63. The normalized spacial score (nSPS) is 11.1. The Balaban J connectivity index is 2.93. The van der Waals surface area contributed by atoms with E-state index in [0.717, 1.165) is 10.9 Å². The smallest absolute Gasteiger partial charge is 0.159 e. The Labute approximate surface area is 99.8 Å². The maximum absolute atomic E-state index is 11.4. The number of Topliss-reactive ketones (excluding diaryl/α,β-unsaturated/α-hetero) is 1. The summed E-state index contributed by atoms with van der Waals surface area (Å²) in [5, 5.41) is 1.71. The van der Waals surface area contributed by atoms with Gasteiger partial charge in [0.25, 0.3) is 0 Å². The van der Waals surface area contributed by atoms with Crippen molar-refractivity contribution in [1.82, 2.24) is 4.57 Å². The van der Waals surface area contributed by atoms with Crippen LogP contribution in [0.5, 0.6) is 0 Å². The molecule has 3 heteroatoms. The van der Waals surface area contributed by atoms with Crippen LogP contribution >= 0.6 is 11.6 Å². The molecular formula is C13H14ClNO. The molecule has 0 unspecified atom stereocenters. The van der Waals surface area contributed by atoms with Crippen LogP contribution in [0.2, 0.25) is 5.02 Å². The van der Waals surface area contributed by atoms with Crippen LogP contribution in [0, 0.1) is 13.8 Å². The van der Waals surface area contributed by atoms with Crippen LogP contribution < -0.4 is 0 Å². The average Bonchev–Trinajstić information content (AvgIpc) is 2.44. The molecule has 0 aliphatic carbocycles. The number of halogens is 1. The minimum atomic E-state index is 0.0460. The Morgan fingerprint density at radius 3 is 2.50 bits per heavy atom. The van der Waals surface area contributed by atoms with E-state index in [0.29, 0.717) is 10.6 Å². The molecule has 2 aromatic rings. The monoisotopic (exact) mass is 235 g/mol. The second-order valence-corrected chi connectivity index (χ2v) is 4.59. The molecule has 0 radical (unpaired) electrons. The summed E-state index contributed by atoms with van der Waals surface area (Å²) < 4.78 is 2.07. The third-order valence-corrected chi connectivity index (χ3v) is 3.54. The van der Waals surface area contributed by atoms with Gasteiger partial charge in [-0.2, -0.15) is 0 Å². The number of carbonyl (C=O) groups excluding carboxylic acids is 1. The van der Waals surface area contributed by atoms with Crippen molar-refractivity contribution in [3.05, 3.63) is 34.0 Å². The summed E-state index contributed by atoms with van der Waals surface area (Å²) in [5.41, 5.74) is 4.04. The summed E-state index contributed by atoms with van der Waals surface area (Å²) in [6, 6.07) is 3.66. The Hall–Kier alpha value is -1.28. The lowest BCUT2D eigenvalue weighted by Gasteiger charge is -2.03. The number of ketones is 1. The van der Waals surface area contributed by atoms with E-state index in [4.69, 9.17) is 11.6 Å². The number of hydrogen-bond acceptors (Lipinski definition) is 1. The summed E-state index contributed by atoms with van der Waals surface area (Å²) in [6.45, 7) is 5.67. The highest BCUT2D eigenvalue weighted by Crippen LogP contribution is 2.31. The van der Waals surface area contributed by atoms with Crippen molar-refractivity contribution in [2.75, 3.05) is 0 Å². The molecule has 2 rings (SSSR count). The van der Waals surface area contributed by atoms with Gasteiger partial charge >= 0.3 is 0 Å². The lowest BCUT2D eigenvalue weighted by molar-refractivity contribution is 0.101. The van der Waals surface area contributed by atoms with Crippen LogP contribution in [-0.2, 0) is 7.05 Å². The third-order valence-electron chi connectivity index (χ3n) is 3.26. The van der Waals surface area contributed by atoms with Crippen molar-refractivity contribution in [2.24, 2.45) is 7.05 Å². The first kappa shape index (κ1) is 11.2. The third kappa shape index (κ3) is 1.45. The molecule has 1 heterocycles. The number of rotatable bonds is 1. The summed E-state index contributed by atoms with van der Waals surface area (Å²) in [5.74, 6) is 0.0460. The molecule has 0 saturated heterocycles. The first-order chi connectivity index (χ1) is 7.43. The largest absolute Gasteiger partial charge is 0.346 e. The van der Waals surface area contributed by atoms with Crippen LogP contribution in [-0.4, -0.2) is 10.4 Å². The molecule has 0 fully saturated rings. The molecule has 0 aliphatic heterocycles. The minimum absolute atomic E-state index is 0.0460. The van der Waals surface area contributed by atoms with Crippen molar-refractivity contribution in [2.45, 2.75) is 20.8 Å². The van der Waals surface area contributed by atoms with Gasteiger partial charge in [0.1, 0.15) is 0 Å². The zero-order chi connectivity index (χ0) is 12.0. The summed E-state index contributed by atoms with van der Waals surface area (Å²) >= 11 is 6.22. The molecule has 0 amide bonds. The molecule has 16 heavy (non-hydrogen) atoms. The van der Waals surface area contributed by atoms with E-state index in [9.17, 15) is 4.79 Å². The fourth-order valence-corrected chi connectivity index (χ4v) is 2.39. The number of carbonyl (C=O) groups is 1. The topological polar surface area (TPSA) is 22.0 Å². The molecule has 0 N–H and O–H groups in total. The maximum Gasteiger partial charge on any atom is 0.159 e. The number of hydrogen-bond donors (Lipinski definition) is 0. The molecule has 0 saturated carbocycles. The number of aromatic nitrogens is 1. The van der Waals surface area contributed by atoms with Gasteiger partial charge < -0.3 is 4.57 Å². The number of nitrogens with zero attached hydrogens (tertiary/aromatic N) is 1. The number of benzene rings is 1. The van der Waals surface area contributed by atoms with E-state index in [1.807, 2.05) is 13.1 Å².